The molecule has 2 aromatic carbocycles. The van der Waals surface area contributed by atoms with Crippen LogP contribution in [0.25, 0.3) is 0 Å². The number of amides is 2. The molecule has 10 heteroatoms. The molecule has 2 atom stereocenters. The van der Waals surface area contributed by atoms with Crippen molar-refractivity contribution in [3.63, 3.8) is 0 Å². The van der Waals surface area contributed by atoms with Gasteiger partial charge < -0.3 is 33.9 Å². The number of hydrogen-bond donors (Lipinski definition) is 1. The Labute approximate surface area is 215 Å². The fourth-order valence-corrected chi connectivity index (χ4v) is 4.67. The van der Waals surface area contributed by atoms with Gasteiger partial charge in [-0.05, 0) is 29.3 Å². The Morgan fingerprint density at radius 2 is 1.51 bits per heavy atom. The first-order valence-corrected chi connectivity index (χ1v) is 11.4. The lowest BCUT2D eigenvalue weighted by Crippen LogP contribution is -2.44. The minimum atomic E-state index is -0.805. The van der Waals surface area contributed by atoms with Crippen LogP contribution in [0.4, 0.5) is 5.69 Å². The van der Waals surface area contributed by atoms with Crippen molar-refractivity contribution in [1.82, 2.24) is 9.88 Å². The molecular formula is C27H29N3O7. The van der Waals surface area contributed by atoms with Crippen molar-refractivity contribution >= 4 is 17.5 Å². The van der Waals surface area contributed by atoms with E-state index in [1.165, 1.54) is 35.5 Å². The third-order valence-electron chi connectivity index (χ3n) is 6.42. The topological polar surface area (TPSA) is 108 Å². The fraction of sp³-hybridized carbons (Fsp3) is 0.296. The monoisotopic (exact) mass is 507 g/mol. The van der Waals surface area contributed by atoms with Crippen molar-refractivity contribution in [2.24, 2.45) is 0 Å². The lowest BCUT2D eigenvalue weighted by Gasteiger charge is -2.40. The summed E-state index contributed by atoms with van der Waals surface area (Å²) in [6, 6.07) is 9.55. The van der Waals surface area contributed by atoms with Gasteiger partial charge in [-0.15, -0.1) is 0 Å². The van der Waals surface area contributed by atoms with E-state index in [-0.39, 0.29) is 11.8 Å². The number of nitrogens with one attached hydrogen (secondary N) is 1. The number of benzene rings is 2. The van der Waals surface area contributed by atoms with Gasteiger partial charge in [0, 0.05) is 42.8 Å². The summed E-state index contributed by atoms with van der Waals surface area (Å²) in [5.74, 6) is 0.591. The quantitative estimate of drug-likeness (QED) is 0.492. The first kappa shape index (κ1) is 25.6. The summed E-state index contributed by atoms with van der Waals surface area (Å²) in [7, 11) is 9.17. The number of anilines is 1. The van der Waals surface area contributed by atoms with Gasteiger partial charge in [-0.2, -0.15) is 0 Å². The number of likely N-dealkylation sites (N-methyl/N-ethyl adjacent to an activating group) is 1. The van der Waals surface area contributed by atoms with Gasteiger partial charge in [0.25, 0.3) is 5.91 Å². The number of ether oxygens (including phenoxy) is 5. The highest BCUT2D eigenvalue weighted by Crippen LogP contribution is 2.46. The van der Waals surface area contributed by atoms with Crippen LogP contribution in [-0.2, 0) is 4.79 Å². The van der Waals surface area contributed by atoms with Crippen molar-refractivity contribution in [2.45, 2.75) is 12.0 Å². The van der Waals surface area contributed by atoms with E-state index in [2.05, 4.69) is 10.3 Å². The van der Waals surface area contributed by atoms with Crippen LogP contribution < -0.4 is 29.0 Å². The molecule has 1 aromatic heterocycles. The Bertz CT molecular complexity index is 1290. The summed E-state index contributed by atoms with van der Waals surface area (Å²) >= 11 is 0. The SMILES string of the molecule is COc1cc2c(cc1OC)[C@@H](C(=O)Nc1cc(OC)c(OC)c(OC)c1)[C@@H](c1cccnc1)N(C)C2=O. The summed E-state index contributed by atoms with van der Waals surface area (Å²) in [4.78, 5) is 33.2. The molecular weight excluding hydrogens is 478 g/mol. The molecule has 194 valence electrons. The van der Waals surface area contributed by atoms with E-state index in [0.29, 0.717) is 51.1 Å². The second-order valence-electron chi connectivity index (χ2n) is 8.32. The lowest BCUT2D eigenvalue weighted by molar-refractivity contribution is -0.119. The van der Waals surface area contributed by atoms with Gasteiger partial charge in [-0.3, -0.25) is 14.6 Å². The van der Waals surface area contributed by atoms with E-state index in [4.69, 9.17) is 23.7 Å². The number of carbonyl (C=O) groups is 2. The Balaban J connectivity index is 1.86. The van der Waals surface area contributed by atoms with Gasteiger partial charge in [0.15, 0.2) is 23.0 Å². The van der Waals surface area contributed by atoms with Crippen molar-refractivity contribution in [3.8, 4) is 28.7 Å². The number of pyridine rings is 1. The predicted octanol–water partition coefficient (Wildman–Crippen LogP) is 3.67. The third kappa shape index (κ3) is 4.57. The maximum atomic E-state index is 14.0. The number of carbonyl (C=O) groups excluding carboxylic acids is 2. The Morgan fingerprint density at radius 3 is 2.05 bits per heavy atom. The summed E-state index contributed by atoms with van der Waals surface area (Å²) in [6.45, 7) is 0. The lowest BCUT2D eigenvalue weighted by atomic mass is 9.79. The molecule has 0 aliphatic carbocycles. The Kier molecular flexibility index (Phi) is 7.37. The summed E-state index contributed by atoms with van der Waals surface area (Å²) in [5.41, 5.74) is 2.01. The molecule has 37 heavy (non-hydrogen) atoms. The van der Waals surface area contributed by atoms with Crippen molar-refractivity contribution < 1.29 is 33.3 Å². The first-order valence-electron chi connectivity index (χ1n) is 11.4. The molecule has 2 heterocycles. The van der Waals surface area contributed by atoms with Gasteiger partial charge in [0.05, 0.1) is 47.5 Å². The van der Waals surface area contributed by atoms with Gasteiger partial charge >= 0.3 is 0 Å². The average molecular weight is 508 g/mol. The third-order valence-corrected chi connectivity index (χ3v) is 6.42. The fourth-order valence-electron chi connectivity index (χ4n) is 4.67. The van der Waals surface area contributed by atoms with Crippen LogP contribution in [0.1, 0.15) is 33.4 Å². The summed E-state index contributed by atoms with van der Waals surface area (Å²) in [6.07, 6.45) is 3.29. The molecule has 1 aliphatic heterocycles. The Hall–Kier alpha value is -4.47. The van der Waals surface area contributed by atoms with E-state index in [1.807, 2.05) is 6.07 Å². The number of hydrogen-bond acceptors (Lipinski definition) is 8. The maximum absolute atomic E-state index is 14.0. The zero-order chi connectivity index (χ0) is 26.7. The van der Waals surface area contributed by atoms with E-state index >= 15 is 0 Å². The van der Waals surface area contributed by atoms with Crippen LogP contribution in [0.2, 0.25) is 0 Å². The zero-order valence-electron chi connectivity index (χ0n) is 21.5. The number of aromatic nitrogens is 1. The number of methoxy groups -OCH3 is 5. The highest BCUT2D eigenvalue weighted by molar-refractivity contribution is 6.05. The van der Waals surface area contributed by atoms with Crippen LogP contribution in [0, 0.1) is 0 Å². The molecule has 3 aromatic rings. The summed E-state index contributed by atoms with van der Waals surface area (Å²) in [5, 5.41) is 2.97. The van der Waals surface area contributed by atoms with Crippen LogP contribution in [-0.4, -0.2) is 64.3 Å². The molecule has 0 saturated heterocycles. The van der Waals surface area contributed by atoms with Crippen LogP contribution in [0.15, 0.2) is 48.8 Å². The largest absolute Gasteiger partial charge is 0.493 e. The van der Waals surface area contributed by atoms with E-state index in [0.717, 1.165) is 0 Å². The molecule has 0 unspecified atom stereocenters. The molecule has 10 nitrogen and oxygen atoms in total. The second kappa shape index (κ2) is 10.7. The van der Waals surface area contributed by atoms with Crippen molar-refractivity contribution in [1.29, 1.82) is 0 Å². The van der Waals surface area contributed by atoms with Crippen molar-refractivity contribution in [3.05, 3.63) is 65.5 Å². The number of nitrogens with zero attached hydrogens (tertiary/aromatic N) is 2. The van der Waals surface area contributed by atoms with E-state index in [9.17, 15) is 9.59 Å². The molecule has 0 fully saturated rings. The molecule has 1 aliphatic rings. The van der Waals surface area contributed by atoms with E-state index < -0.39 is 12.0 Å². The highest BCUT2D eigenvalue weighted by atomic mass is 16.5. The van der Waals surface area contributed by atoms with Gasteiger partial charge in [-0.1, -0.05) is 6.07 Å². The Morgan fingerprint density at radius 1 is 0.892 bits per heavy atom. The minimum absolute atomic E-state index is 0.248. The second-order valence-corrected chi connectivity index (χ2v) is 8.32. The molecule has 4 rings (SSSR count). The molecule has 0 bridgehead atoms. The maximum Gasteiger partial charge on any atom is 0.254 e. The zero-order valence-corrected chi connectivity index (χ0v) is 21.5. The number of fused-ring (bicyclic) bond motifs is 1. The van der Waals surface area contributed by atoms with Gasteiger partial charge in [-0.25, -0.2) is 0 Å². The van der Waals surface area contributed by atoms with Crippen molar-refractivity contribution in [2.75, 3.05) is 47.9 Å². The van der Waals surface area contributed by atoms with Gasteiger partial charge in [0.2, 0.25) is 11.7 Å². The number of rotatable bonds is 8. The molecule has 0 saturated carbocycles. The summed E-state index contributed by atoms with van der Waals surface area (Å²) < 4.78 is 27.2. The molecule has 2 amide bonds. The first-order chi connectivity index (χ1) is 17.9. The minimum Gasteiger partial charge on any atom is -0.493 e. The molecule has 0 radical (unpaired) electrons. The molecule has 0 spiro atoms. The molecule has 1 N–H and O–H groups in total. The standard InChI is InChI=1S/C27H29N3O7/c1-30-24(15-8-7-9-28-14-15)23(17-12-19(33-2)20(34-3)13-18(17)27(30)32)26(31)29-16-10-21(35-4)25(37-6)22(11-16)36-5/h7-14,23-24H,1-6H3,(H,29,31)/t23-,24-/m1/s1. The highest BCUT2D eigenvalue weighted by Gasteiger charge is 2.44. The van der Waals surface area contributed by atoms with Gasteiger partial charge in [0.1, 0.15) is 0 Å². The average Bonchev–Trinajstić information content (AvgIpc) is 2.93. The predicted molar refractivity (Wildman–Crippen MR) is 136 cm³/mol. The van der Waals surface area contributed by atoms with Crippen LogP contribution in [0.3, 0.4) is 0 Å². The van der Waals surface area contributed by atoms with E-state index in [1.54, 1.807) is 54.7 Å². The van der Waals surface area contributed by atoms with Crippen LogP contribution >= 0.6 is 0 Å². The smallest absolute Gasteiger partial charge is 0.254 e. The van der Waals surface area contributed by atoms with Crippen LogP contribution in [0.5, 0.6) is 28.7 Å². The normalized spacial score (nSPS) is 16.5.